The molecule has 86 valence electrons. The summed E-state index contributed by atoms with van der Waals surface area (Å²) in [6, 6.07) is 3.87. The summed E-state index contributed by atoms with van der Waals surface area (Å²) in [4.78, 5) is 8.83. The lowest BCUT2D eigenvalue weighted by atomic mass is 9.90. The summed E-state index contributed by atoms with van der Waals surface area (Å²) in [6.45, 7) is 12.4. The summed E-state index contributed by atoms with van der Waals surface area (Å²) in [7, 11) is 0. The van der Waals surface area contributed by atoms with E-state index in [1.807, 2.05) is 0 Å². The third-order valence-corrected chi connectivity index (χ3v) is 2.28. The predicted octanol–water partition coefficient (Wildman–Crippen LogP) is 2.94. The molecule has 0 atom stereocenters. The molecule has 1 aromatic rings. The normalized spacial score (nSPS) is 12.3. The summed E-state index contributed by atoms with van der Waals surface area (Å²) >= 11 is 0. The van der Waals surface area contributed by atoms with Crippen LogP contribution >= 0.6 is 0 Å². The SMILES string of the molecule is CC(C)(C)c1cc(C#N)nc(C(C)(C)C)n1. The number of nitrogens with zero attached hydrogens (tertiary/aromatic N) is 3. The molecule has 1 heterocycles. The number of aromatic nitrogens is 2. The zero-order valence-corrected chi connectivity index (χ0v) is 10.9. The maximum absolute atomic E-state index is 8.98. The molecule has 16 heavy (non-hydrogen) atoms. The van der Waals surface area contributed by atoms with Gasteiger partial charge < -0.3 is 0 Å². The van der Waals surface area contributed by atoms with E-state index in [0.717, 1.165) is 11.5 Å². The van der Waals surface area contributed by atoms with Gasteiger partial charge in [0.2, 0.25) is 0 Å². The van der Waals surface area contributed by atoms with Gasteiger partial charge in [-0.15, -0.1) is 0 Å². The quantitative estimate of drug-likeness (QED) is 0.671. The summed E-state index contributed by atoms with van der Waals surface area (Å²) < 4.78 is 0. The molecule has 0 N–H and O–H groups in total. The van der Waals surface area contributed by atoms with E-state index in [0.29, 0.717) is 5.69 Å². The number of hydrogen-bond acceptors (Lipinski definition) is 3. The Kier molecular flexibility index (Phi) is 3.05. The van der Waals surface area contributed by atoms with Crippen LogP contribution in [0.2, 0.25) is 0 Å². The van der Waals surface area contributed by atoms with Crippen LogP contribution in [0, 0.1) is 11.3 Å². The molecule has 0 spiro atoms. The van der Waals surface area contributed by atoms with Gasteiger partial charge in [0.1, 0.15) is 17.6 Å². The second-order valence-corrected chi connectivity index (χ2v) is 6.07. The highest BCUT2D eigenvalue weighted by atomic mass is 14.9. The van der Waals surface area contributed by atoms with Crippen LogP contribution in [0.4, 0.5) is 0 Å². The lowest BCUT2D eigenvalue weighted by Gasteiger charge is -2.22. The topological polar surface area (TPSA) is 49.6 Å². The van der Waals surface area contributed by atoms with Crippen molar-refractivity contribution in [2.75, 3.05) is 0 Å². The maximum Gasteiger partial charge on any atom is 0.144 e. The van der Waals surface area contributed by atoms with E-state index in [9.17, 15) is 0 Å². The first kappa shape index (κ1) is 12.6. The molecule has 0 aliphatic carbocycles. The van der Waals surface area contributed by atoms with Gasteiger partial charge in [0, 0.05) is 10.8 Å². The molecule has 0 fully saturated rings. The summed E-state index contributed by atoms with van der Waals surface area (Å²) in [5.74, 6) is 0.733. The van der Waals surface area contributed by atoms with Crippen molar-refractivity contribution in [1.29, 1.82) is 5.26 Å². The van der Waals surface area contributed by atoms with E-state index in [4.69, 9.17) is 5.26 Å². The van der Waals surface area contributed by atoms with Crippen LogP contribution in [-0.4, -0.2) is 9.97 Å². The Hall–Kier alpha value is -1.43. The smallest absolute Gasteiger partial charge is 0.144 e. The highest BCUT2D eigenvalue weighted by Gasteiger charge is 2.23. The number of rotatable bonds is 0. The first-order valence-corrected chi connectivity index (χ1v) is 5.45. The average Bonchev–Trinajstić information content (AvgIpc) is 2.14. The van der Waals surface area contributed by atoms with E-state index >= 15 is 0 Å². The van der Waals surface area contributed by atoms with Crippen molar-refractivity contribution < 1.29 is 0 Å². The van der Waals surface area contributed by atoms with Gasteiger partial charge in [0.05, 0.1) is 5.69 Å². The van der Waals surface area contributed by atoms with Gasteiger partial charge in [-0.3, -0.25) is 0 Å². The van der Waals surface area contributed by atoms with Crippen LogP contribution in [-0.2, 0) is 10.8 Å². The van der Waals surface area contributed by atoms with E-state index in [2.05, 4.69) is 57.6 Å². The minimum atomic E-state index is -0.132. The monoisotopic (exact) mass is 217 g/mol. The van der Waals surface area contributed by atoms with Gasteiger partial charge in [-0.05, 0) is 6.07 Å². The van der Waals surface area contributed by atoms with E-state index in [1.54, 1.807) is 6.07 Å². The Bertz CT molecular complexity index is 396. The van der Waals surface area contributed by atoms with Crippen molar-refractivity contribution in [3.63, 3.8) is 0 Å². The lowest BCUT2D eigenvalue weighted by molar-refractivity contribution is 0.512. The molecule has 3 heteroatoms. The van der Waals surface area contributed by atoms with Gasteiger partial charge in [0.15, 0.2) is 0 Å². The first-order valence-electron chi connectivity index (χ1n) is 5.45. The van der Waals surface area contributed by atoms with Crippen LogP contribution < -0.4 is 0 Å². The Morgan fingerprint density at radius 3 is 1.94 bits per heavy atom. The van der Waals surface area contributed by atoms with E-state index in [-0.39, 0.29) is 10.8 Å². The minimum absolute atomic E-state index is 0.0610. The molecule has 0 amide bonds. The maximum atomic E-state index is 8.98. The Morgan fingerprint density at radius 1 is 1.00 bits per heavy atom. The fourth-order valence-electron chi connectivity index (χ4n) is 1.22. The second-order valence-electron chi connectivity index (χ2n) is 6.07. The van der Waals surface area contributed by atoms with Crippen LogP contribution in [0.25, 0.3) is 0 Å². The molecule has 0 aromatic carbocycles. The van der Waals surface area contributed by atoms with Gasteiger partial charge >= 0.3 is 0 Å². The van der Waals surface area contributed by atoms with Crippen LogP contribution in [0.5, 0.6) is 0 Å². The molecule has 1 aromatic heterocycles. The summed E-state index contributed by atoms with van der Waals surface area (Å²) in [5.41, 5.74) is 1.18. The van der Waals surface area contributed by atoms with E-state index in [1.165, 1.54) is 0 Å². The molecule has 0 saturated carbocycles. The number of nitriles is 1. The van der Waals surface area contributed by atoms with Crippen molar-refractivity contribution in [1.82, 2.24) is 9.97 Å². The molecule has 0 saturated heterocycles. The lowest BCUT2D eigenvalue weighted by Crippen LogP contribution is -2.22. The van der Waals surface area contributed by atoms with Crippen molar-refractivity contribution in [3.8, 4) is 6.07 Å². The van der Waals surface area contributed by atoms with E-state index < -0.39 is 0 Å². The molecule has 1 rings (SSSR count). The van der Waals surface area contributed by atoms with Crippen LogP contribution in [0.15, 0.2) is 6.07 Å². The third-order valence-electron chi connectivity index (χ3n) is 2.28. The Morgan fingerprint density at radius 2 is 1.56 bits per heavy atom. The van der Waals surface area contributed by atoms with Gasteiger partial charge in [-0.2, -0.15) is 5.26 Å². The van der Waals surface area contributed by atoms with Crippen molar-refractivity contribution in [2.24, 2.45) is 0 Å². The third kappa shape index (κ3) is 2.79. The second kappa shape index (κ2) is 3.86. The van der Waals surface area contributed by atoms with Crippen LogP contribution in [0.1, 0.15) is 58.8 Å². The molecule has 0 aliphatic heterocycles. The molecular weight excluding hydrogens is 198 g/mol. The zero-order chi connectivity index (χ0) is 12.6. The fraction of sp³-hybridized carbons (Fsp3) is 0.615. The highest BCUT2D eigenvalue weighted by molar-refractivity contribution is 5.27. The standard InChI is InChI=1S/C13H19N3/c1-12(2,3)10-7-9(8-14)15-11(16-10)13(4,5)6/h7H,1-6H3. The van der Waals surface area contributed by atoms with Gasteiger partial charge in [0.25, 0.3) is 0 Å². The van der Waals surface area contributed by atoms with Gasteiger partial charge in [-0.1, -0.05) is 41.5 Å². The molecular formula is C13H19N3. The molecule has 0 radical (unpaired) electrons. The zero-order valence-electron chi connectivity index (χ0n) is 10.9. The Balaban J connectivity index is 3.41. The van der Waals surface area contributed by atoms with Crippen molar-refractivity contribution >= 4 is 0 Å². The minimum Gasteiger partial charge on any atom is -0.237 e. The fourth-order valence-corrected chi connectivity index (χ4v) is 1.22. The van der Waals surface area contributed by atoms with Crippen LogP contribution in [0.3, 0.4) is 0 Å². The molecule has 0 aliphatic rings. The first-order chi connectivity index (χ1) is 7.14. The van der Waals surface area contributed by atoms with Crippen molar-refractivity contribution in [2.45, 2.75) is 52.4 Å². The Labute approximate surface area is 97.5 Å². The molecule has 3 nitrogen and oxygen atoms in total. The largest absolute Gasteiger partial charge is 0.237 e. The predicted molar refractivity (Wildman–Crippen MR) is 64.1 cm³/mol. The van der Waals surface area contributed by atoms with Crippen molar-refractivity contribution in [3.05, 3.63) is 23.3 Å². The average molecular weight is 217 g/mol. The molecule has 0 unspecified atom stereocenters. The highest BCUT2D eigenvalue weighted by Crippen LogP contribution is 2.24. The summed E-state index contributed by atoms with van der Waals surface area (Å²) in [6.07, 6.45) is 0. The number of hydrogen-bond donors (Lipinski definition) is 0. The van der Waals surface area contributed by atoms with Gasteiger partial charge in [-0.25, -0.2) is 9.97 Å². The molecule has 0 bridgehead atoms. The summed E-state index contributed by atoms with van der Waals surface area (Å²) in [5, 5.41) is 8.98.